The quantitative estimate of drug-likeness (QED) is 0.770. The van der Waals surface area contributed by atoms with Gasteiger partial charge < -0.3 is 9.84 Å². The average Bonchev–Trinajstić information content (AvgIpc) is 2.30. The molecule has 0 aromatic heterocycles. The zero-order chi connectivity index (χ0) is 12.8. The first-order valence-electron chi connectivity index (χ1n) is 6.03. The number of rotatable bonds is 6. The second kappa shape index (κ2) is 6.28. The van der Waals surface area contributed by atoms with Crippen LogP contribution >= 0.6 is 0 Å². The van der Waals surface area contributed by atoms with Gasteiger partial charge in [-0.25, -0.2) is 0 Å². The maximum absolute atomic E-state index is 11.6. The molecule has 0 atom stereocenters. The van der Waals surface area contributed by atoms with Crippen LogP contribution in [-0.2, 0) is 0 Å². The van der Waals surface area contributed by atoms with E-state index < -0.39 is 0 Å². The molecule has 0 unspecified atom stereocenters. The van der Waals surface area contributed by atoms with E-state index in [0.29, 0.717) is 30.3 Å². The van der Waals surface area contributed by atoms with Gasteiger partial charge in [0.2, 0.25) is 0 Å². The molecule has 0 saturated heterocycles. The Kier molecular flexibility index (Phi) is 5.01. The molecule has 17 heavy (non-hydrogen) atoms. The van der Waals surface area contributed by atoms with Gasteiger partial charge in [-0.05, 0) is 30.5 Å². The van der Waals surface area contributed by atoms with Crippen molar-refractivity contribution in [3.8, 4) is 11.5 Å². The fourth-order valence-electron chi connectivity index (χ4n) is 1.43. The minimum atomic E-state index is -0.0724. The van der Waals surface area contributed by atoms with E-state index in [0.717, 1.165) is 6.42 Å². The van der Waals surface area contributed by atoms with Crippen molar-refractivity contribution in [1.29, 1.82) is 0 Å². The number of phenols is 1. The van der Waals surface area contributed by atoms with E-state index >= 15 is 0 Å². The van der Waals surface area contributed by atoms with Crippen LogP contribution < -0.4 is 4.74 Å². The van der Waals surface area contributed by atoms with Crippen LogP contribution in [0.4, 0.5) is 0 Å². The predicted octanol–water partition coefficient (Wildman–Crippen LogP) is 3.41. The lowest BCUT2D eigenvalue weighted by Crippen LogP contribution is -2.03. The van der Waals surface area contributed by atoms with E-state index in [-0.39, 0.29) is 11.5 Å². The minimum absolute atomic E-state index is 0.0214. The topological polar surface area (TPSA) is 46.5 Å². The Labute approximate surface area is 102 Å². The van der Waals surface area contributed by atoms with E-state index in [4.69, 9.17) is 4.74 Å². The van der Waals surface area contributed by atoms with Crippen LogP contribution in [-0.4, -0.2) is 17.5 Å². The second-order valence-electron chi connectivity index (χ2n) is 4.49. The molecule has 0 aliphatic rings. The maximum atomic E-state index is 11.6. The summed E-state index contributed by atoms with van der Waals surface area (Å²) in [5.74, 6) is 1.17. The largest absolute Gasteiger partial charge is 0.507 e. The maximum Gasteiger partial charge on any atom is 0.166 e. The number of phenolic OH excluding ortho intramolecular Hbond substituents is 1. The normalized spacial score (nSPS) is 10.6. The Balaban J connectivity index is 2.71. The highest BCUT2D eigenvalue weighted by Crippen LogP contribution is 2.24. The molecule has 94 valence electrons. The van der Waals surface area contributed by atoms with E-state index in [1.807, 2.05) is 0 Å². The molecule has 3 heteroatoms. The Morgan fingerprint density at radius 2 is 2.12 bits per heavy atom. The number of ether oxygens (including phenoxy) is 1. The molecule has 0 spiro atoms. The molecule has 0 aliphatic carbocycles. The lowest BCUT2D eigenvalue weighted by atomic mass is 10.1. The molecule has 0 saturated carbocycles. The van der Waals surface area contributed by atoms with Crippen LogP contribution in [0, 0.1) is 5.92 Å². The SMILES string of the molecule is CCC(=O)c1cc(OCCC(C)C)ccc1O. The third-order valence-corrected chi connectivity index (χ3v) is 2.55. The van der Waals surface area contributed by atoms with E-state index in [9.17, 15) is 9.90 Å². The number of hydrogen-bond acceptors (Lipinski definition) is 3. The molecular formula is C14H20O3. The predicted molar refractivity (Wildman–Crippen MR) is 67.7 cm³/mol. The van der Waals surface area contributed by atoms with E-state index in [2.05, 4.69) is 13.8 Å². The van der Waals surface area contributed by atoms with Crippen molar-refractivity contribution in [3.05, 3.63) is 23.8 Å². The summed E-state index contributed by atoms with van der Waals surface area (Å²) in [6.45, 7) is 6.66. The smallest absolute Gasteiger partial charge is 0.166 e. The third-order valence-electron chi connectivity index (χ3n) is 2.55. The molecule has 1 aromatic rings. The molecule has 0 fully saturated rings. The zero-order valence-electron chi connectivity index (χ0n) is 10.7. The number of Topliss-reactive ketones (excluding diaryl/α,β-unsaturated/α-hetero) is 1. The van der Waals surface area contributed by atoms with Gasteiger partial charge in [0.1, 0.15) is 11.5 Å². The number of ketones is 1. The summed E-state index contributed by atoms with van der Waals surface area (Å²) >= 11 is 0. The molecule has 1 aromatic carbocycles. The van der Waals surface area contributed by atoms with Crippen molar-refractivity contribution in [1.82, 2.24) is 0 Å². The van der Waals surface area contributed by atoms with Crippen LogP contribution in [0.2, 0.25) is 0 Å². The minimum Gasteiger partial charge on any atom is -0.507 e. The molecule has 1 rings (SSSR count). The highest BCUT2D eigenvalue weighted by molar-refractivity contribution is 5.98. The number of carbonyl (C=O) groups is 1. The number of aromatic hydroxyl groups is 1. The van der Waals surface area contributed by atoms with Gasteiger partial charge in [-0.2, -0.15) is 0 Å². The zero-order valence-corrected chi connectivity index (χ0v) is 10.7. The van der Waals surface area contributed by atoms with Crippen molar-refractivity contribution in [2.75, 3.05) is 6.61 Å². The number of benzene rings is 1. The van der Waals surface area contributed by atoms with Gasteiger partial charge in [0.25, 0.3) is 0 Å². The van der Waals surface area contributed by atoms with E-state index in [1.165, 1.54) is 6.07 Å². The van der Waals surface area contributed by atoms with Crippen molar-refractivity contribution in [2.24, 2.45) is 5.92 Å². The van der Waals surface area contributed by atoms with Gasteiger partial charge in [0, 0.05) is 6.42 Å². The molecule has 0 heterocycles. The molecule has 1 N–H and O–H groups in total. The van der Waals surface area contributed by atoms with Crippen LogP contribution in [0.5, 0.6) is 11.5 Å². The second-order valence-corrected chi connectivity index (χ2v) is 4.49. The summed E-state index contributed by atoms with van der Waals surface area (Å²) < 4.78 is 5.54. The summed E-state index contributed by atoms with van der Waals surface area (Å²) in [4.78, 5) is 11.6. The highest BCUT2D eigenvalue weighted by atomic mass is 16.5. The van der Waals surface area contributed by atoms with Gasteiger partial charge >= 0.3 is 0 Å². The average molecular weight is 236 g/mol. The van der Waals surface area contributed by atoms with Gasteiger partial charge in [-0.1, -0.05) is 20.8 Å². The Morgan fingerprint density at radius 3 is 2.71 bits per heavy atom. The van der Waals surface area contributed by atoms with Gasteiger partial charge in [0.15, 0.2) is 5.78 Å². The number of carbonyl (C=O) groups excluding carboxylic acids is 1. The van der Waals surface area contributed by atoms with Crippen LogP contribution in [0.1, 0.15) is 44.0 Å². The van der Waals surface area contributed by atoms with Crippen molar-refractivity contribution in [2.45, 2.75) is 33.6 Å². The lowest BCUT2D eigenvalue weighted by Gasteiger charge is -2.10. The lowest BCUT2D eigenvalue weighted by molar-refractivity contribution is 0.0985. The van der Waals surface area contributed by atoms with Crippen LogP contribution in [0.15, 0.2) is 18.2 Å². The summed E-state index contributed by atoms with van der Waals surface area (Å²) in [7, 11) is 0. The van der Waals surface area contributed by atoms with Crippen molar-refractivity contribution in [3.63, 3.8) is 0 Å². The Morgan fingerprint density at radius 1 is 1.41 bits per heavy atom. The van der Waals surface area contributed by atoms with Gasteiger partial charge in [0.05, 0.1) is 12.2 Å². The third kappa shape index (κ3) is 4.10. The summed E-state index contributed by atoms with van der Waals surface area (Å²) in [5.41, 5.74) is 0.342. The van der Waals surface area contributed by atoms with Gasteiger partial charge in [-0.3, -0.25) is 4.79 Å². The fraction of sp³-hybridized carbons (Fsp3) is 0.500. The molecule has 0 bridgehead atoms. The first kappa shape index (κ1) is 13.6. The van der Waals surface area contributed by atoms with Crippen molar-refractivity contribution < 1.29 is 14.6 Å². The molecule has 0 aliphatic heterocycles. The van der Waals surface area contributed by atoms with Gasteiger partial charge in [-0.15, -0.1) is 0 Å². The molecule has 0 radical (unpaired) electrons. The monoisotopic (exact) mass is 236 g/mol. The molecular weight excluding hydrogens is 216 g/mol. The highest BCUT2D eigenvalue weighted by Gasteiger charge is 2.10. The fourth-order valence-corrected chi connectivity index (χ4v) is 1.43. The number of hydrogen-bond donors (Lipinski definition) is 1. The molecule has 0 amide bonds. The summed E-state index contributed by atoms with van der Waals surface area (Å²) in [6.07, 6.45) is 1.35. The van der Waals surface area contributed by atoms with Crippen molar-refractivity contribution >= 4 is 5.78 Å². The Bertz CT molecular complexity index is 383. The standard InChI is InChI=1S/C14H20O3/c1-4-13(15)12-9-11(5-6-14(12)16)17-8-7-10(2)3/h5-6,9-10,16H,4,7-8H2,1-3H3. The summed E-state index contributed by atoms with van der Waals surface area (Å²) in [5, 5.41) is 9.57. The van der Waals surface area contributed by atoms with Crippen LogP contribution in [0.3, 0.4) is 0 Å². The van der Waals surface area contributed by atoms with E-state index in [1.54, 1.807) is 19.1 Å². The first-order chi connectivity index (χ1) is 8.04. The first-order valence-corrected chi connectivity index (χ1v) is 6.03. The van der Waals surface area contributed by atoms with Crippen LogP contribution in [0.25, 0.3) is 0 Å². The molecule has 3 nitrogen and oxygen atoms in total. The summed E-state index contributed by atoms with van der Waals surface area (Å²) in [6, 6.07) is 4.80. The Hall–Kier alpha value is -1.51.